The van der Waals surface area contributed by atoms with Gasteiger partial charge >= 0.3 is 35.7 Å². The van der Waals surface area contributed by atoms with Crippen molar-refractivity contribution in [2.24, 2.45) is 0 Å². The van der Waals surface area contributed by atoms with Crippen molar-refractivity contribution in [3.05, 3.63) is 0 Å². The molecule has 0 aromatic heterocycles. The minimum Gasteiger partial charge on any atom is -0.550 e. The smallest absolute Gasteiger partial charge is 0.550 e. The van der Waals surface area contributed by atoms with Gasteiger partial charge in [0.05, 0.1) is 0 Å². The first kappa shape index (κ1) is 16.7. The van der Waals surface area contributed by atoms with E-state index in [1.54, 1.807) is 0 Å². The van der Waals surface area contributed by atoms with Gasteiger partial charge in [0.25, 0.3) is 0 Å². The van der Waals surface area contributed by atoms with Crippen LogP contribution in [0.15, 0.2) is 0 Å². The first-order valence-electron chi connectivity index (χ1n) is 4.18. The van der Waals surface area contributed by atoms with Crippen LogP contribution in [-0.4, -0.2) is 12.1 Å². The molecular weight excluding hydrogens is 208 g/mol. The summed E-state index contributed by atoms with van der Waals surface area (Å²) in [7, 11) is 0. The van der Waals surface area contributed by atoms with Gasteiger partial charge in [-0.2, -0.15) is 13.2 Å². The average molecular weight is 220 g/mol. The Bertz CT molecular complexity index is 159. The van der Waals surface area contributed by atoms with Gasteiger partial charge in [-0.25, -0.2) is 0 Å². The summed E-state index contributed by atoms with van der Waals surface area (Å²) in [6.07, 6.45) is -3.51. The molecule has 0 spiro atoms. The van der Waals surface area contributed by atoms with Crippen molar-refractivity contribution in [3.8, 4) is 0 Å². The van der Waals surface area contributed by atoms with Crippen LogP contribution in [0.5, 0.6) is 0 Å². The van der Waals surface area contributed by atoms with Crippen molar-refractivity contribution in [2.45, 2.75) is 44.7 Å². The number of unbranched alkanes of at least 4 members (excludes halogenated alkanes) is 3. The topological polar surface area (TPSA) is 40.1 Å². The molecule has 6 heteroatoms. The van der Waals surface area contributed by atoms with Crippen LogP contribution in [0.1, 0.15) is 38.5 Å². The normalized spacial score (nSPS) is 10.8. The van der Waals surface area contributed by atoms with Gasteiger partial charge in [0.1, 0.15) is 0 Å². The van der Waals surface area contributed by atoms with E-state index in [-0.39, 0.29) is 42.4 Å². The second kappa shape index (κ2) is 8.56. The number of carbonyl (C=O) groups excluding carboxylic acids is 1. The summed E-state index contributed by atoms with van der Waals surface area (Å²) >= 11 is 0. The monoisotopic (exact) mass is 220 g/mol. The Kier molecular flexibility index (Phi) is 10.2. The Labute approximate surface area is 103 Å². The Morgan fingerprint density at radius 1 is 1.07 bits per heavy atom. The van der Waals surface area contributed by atoms with Gasteiger partial charge in [-0.05, 0) is 19.3 Å². The summed E-state index contributed by atoms with van der Waals surface area (Å²) in [6.45, 7) is 0. The van der Waals surface area contributed by atoms with Gasteiger partial charge in [0.15, 0.2) is 0 Å². The zero-order valence-corrected chi connectivity index (χ0v) is 10.2. The number of carboxylic acid groups (broad SMARTS) is 1. The van der Waals surface area contributed by atoms with Crippen molar-refractivity contribution < 1.29 is 52.6 Å². The van der Waals surface area contributed by atoms with Crippen LogP contribution >= 0.6 is 0 Å². The van der Waals surface area contributed by atoms with Gasteiger partial charge in [0.2, 0.25) is 0 Å². The quantitative estimate of drug-likeness (QED) is 0.410. The average Bonchev–Trinajstić information content (AvgIpc) is 1.93. The molecule has 0 bridgehead atoms. The Morgan fingerprint density at radius 2 is 1.57 bits per heavy atom. The third-order valence-electron chi connectivity index (χ3n) is 1.59. The number of aliphatic carboxylic acids is 1. The third-order valence-corrected chi connectivity index (χ3v) is 1.59. The summed E-state index contributed by atoms with van der Waals surface area (Å²) in [4.78, 5) is 9.90. The molecule has 0 atom stereocenters. The molecule has 0 unspecified atom stereocenters. The third kappa shape index (κ3) is 14.8. The predicted molar refractivity (Wildman–Crippen MR) is 38.8 cm³/mol. The summed E-state index contributed by atoms with van der Waals surface area (Å²) in [6, 6.07) is 0. The summed E-state index contributed by atoms with van der Waals surface area (Å²) in [5.74, 6) is -1.14. The summed E-state index contributed by atoms with van der Waals surface area (Å²) < 4.78 is 34.8. The fourth-order valence-electron chi connectivity index (χ4n) is 0.948. The Morgan fingerprint density at radius 3 is 2.00 bits per heavy atom. The molecule has 0 aliphatic heterocycles. The van der Waals surface area contributed by atoms with Gasteiger partial charge in [-0.1, -0.05) is 12.8 Å². The van der Waals surface area contributed by atoms with E-state index in [1.165, 1.54) is 0 Å². The second-order valence-corrected chi connectivity index (χ2v) is 2.90. The van der Waals surface area contributed by atoms with Gasteiger partial charge in [-0.3, -0.25) is 0 Å². The minimum absolute atomic E-state index is 0. The maximum atomic E-state index is 11.6. The van der Waals surface area contributed by atoms with Crippen LogP contribution < -0.4 is 34.7 Å². The van der Waals surface area contributed by atoms with Crippen molar-refractivity contribution in [3.63, 3.8) is 0 Å². The molecular formula is C8H12F3NaO2. The molecule has 0 aromatic rings. The second-order valence-electron chi connectivity index (χ2n) is 2.90. The van der Waals surface area contributed by atoms with Crippen molar-refractivity contribution in [1.82, 2.24) is 0 Å². The number of hydrogen-bond donors (Lipinski definition) is 0. The van der Waals surface area contributed by atoms with Gasteiger partial charge in [-0.15, -0.1) is 0 Å². The molecule has 0 aliphatic carbocycles. The van der Waals surface area contributed by atoms with Crippen molar-refractivity contribution >= 4 is 5.97 Å². The molecule has 0 rings (SSSR count). The zero-order valence-electron chi connectivity index (χ0n) is 8.19. The van der Waals surface area contributed by atoms with Crippen molar-refractivity contribution in [1.29, 1.82) is 0 Å². The molecule has 0 saturated carbocycles. The van der Waals surface area contributed by atoms with E-state index in [9.17, 15) is 23.1 Å². The van der Waals surface area contributed by atoms with Gasteiger partial charge < -0.3 is 9.90 Å². The first-order chi connectivity index (χ1) is 5.92. The fraction of sp³-hybridized carbons (Fsp3) is 0.875. The van der Waals surface area contributed by atoms with Crippen LogP contribution in [0.4, 0.5) is 13.2 Å². The number of carbonyl (C=O) groups is 1. The minimum atomic E-state index is -4.09. The van der Waals surface area contributed by atoms with E-state index in [2.05, 4.69) is 0 Å². The number of halogens is 3. The number of hydrogen-bond acceptors (Lipinski definition) is 2. The molecule has 2 nitrogen and oxygen atoms in total. The van der Waals surface area contributed by atoms with Crippen molar-refractivity contribution in [2.75, 3.05) is 0 Å². The molecule has 14 heavy (non-hydrogen) atoms. The standard InChI is InChI=1S/C8H13F3O2.Na/c9-8(10,11)6-4-2-1-3-5-7(12)13;/h1-6H2,(H,12,13);/q;+1/p-1. The Balaban J connectivity index is 0. The molecule has 78 valence electrons. The van der Waals surface area contributed by atoms with E-state index in [0.717, 1.165) is 0 Å². The maximum Gasteiger partial charge on any atom is 1.00 e. The van der Waals surface area contributed by atoms with E-state index in [4.69, 9.17) is 0 Å². The van der Waals surface area contributed by atoms with E-state index >= 15 is 0 Å². The molecule has 0 fully saturated rings. The molecule has 0 heterocycles. The van der Waals surface area contributed by atoms with Gasteiger partial charge in [0, 0.05) is 12.4 Å². The fourth-order valence-corrected chi connectivity index (χ4v) is 0.948. The van der Waals surface area contributed by atoms with E-state index in [0.29, 0.717) is 19.3 Å². The SMILES string of the molecule is O=C([O-])CCCCCCC(F)(F)F.[Na+]. The first-order valence-corrected chi connectivity index (χ1v) is 4.18. The number of carboxylic acids is 1. The Hall–Kier alpha value is 0.260. The molecule has 0 radical (unpaired) electrons. The molecule has 0 amide bonds. The van der Waals surface area contributed by atoms with Crippen LogP contribution in [0, 0.1) is 0 Å². The molecule has 0 aliphatic rings. The van der Waals surface area contributed by atoms with Crippen LogP contribution in [0.25, 0.3) is 0 Å². The summed E-state index contributed by atoms with van der Waals surface area (Å²) in [5, 5.41) is 9.90. The predicted octanol–water partition coefficient (Wildman–Crippen LogP) is -1.36. The largest absolute Gasteiger partial charge is 1.00 e. The number of rotatable bonds is 6. The van der Waals surface area contributed by atoms with E-state index in [1.807, 2.05) is 0 Å². The molecule has 0 saturated heterocycles. The molecule has 0 N–H and O–H groups in total. The van der Waals surface area contributed by atoms with E-state index < -0.39 is 18.6 Å². The zero-order chi connectivity index (χ0) is 10.3. The summed E-state index contributed by atoms with van der Waals surface area (Å²) in [5.41, 5.74) is 0. The van der Waals surface area contributed by atoms with Crippen LogP contribution in [0.3, 0.4) is 0 Å². The number of alkyl halides is 3. The van der Waals surface area contributed by atoms with Crippen LogP contribution in [0.2, 0.25) is 0 Å². The van der Waals surface area contributed by atoms with Crippen LogP contribution in [-0.2, 0) is 4.79 Å². The maximum absolute atomic E-state index is 11.6. The molecule has 0 aromatic carbocycles.